The lowest BCUT2D eigenvalue weighted by Crippen LogP contribution is -2.61. The zero-order valence-electron chi connectivity index (χ0n) is 19.9. The first-order chi connectivity index (χ1) is 18.7. The van der Waals surface area contributed by atoms with Crippen LogP contribution in [0.15, 0.2) is 17.4 Å². The normalized spacial score (nSPS) is 36.8. The average Bonchev–Trinajstić information content (AvgIpc) is 3.43. The molecule has 21 nitrogen and oxygen atoms in total. The van der Waals surface area contributed by atoms with Gasteiger partial charge < -0.3 is 60.0 Å². The molecule has 2 fully saturated rings. The molecule has 4 heterocycles. The molecule has 12 atom stereocenters. The highest BCUT2D eigenvalue weighted by Crippen LogP contribution is 2.61. The number of aromatic amines is 1. The maximum absolute atomic E-state index is 12.3. The molecule has 0 saturated carbocycles. The third-order valence-corrected chi connectivity index (χ3v) is 8.60. The number of nitrogens with one attached hydrogen (secondary N) is 1. The van der Waals surface area contributed by atoms with Crippen LogP contribution in [-0.4, -0.2) is 133 Å². The van der Waals surface area contributed by atoms with Gasteiger partial charge in [-0.1, -0.05) is 0 Å². The molecule has 0 bridgehead atoms. The second-order valence-corrected chi connectivity index (χ2v) is 11.7. The summed E-state index contributed by atoms with van der Waals surface area (Å²) in [6.07, 6.45) is -16.4. The Labute approximate surface area is 222 Å². The third kappa shape index (κ3) is 6.35. The van der Waals surface area contributed by atoms with Gasteiger partial charge in [0.15, 0.2) is 23.7 Å². The van der Waals surface area contributed by atoms with Gasteiger partial charge in [0.2, 0.25) is 0 Å². The van der Waals surface area contributed by atoms with Crippen molar-refractivity contribution >= 4 is 26.8 Å². The van der Waals surface area contributed by atoms with Crippen LogP contribution in [0, 0.1) is 0 Å². The fourth-order valence-corrected chi connectivity index (χ4v) is 6.16. The minimum absolute atomic E-state index is 0.0189. The molecule has 0 amide bonds. The molecule has 0 spiro atoms. The van der Waals surface area contributed by atoms with Crippen molar-refractivity contribution in [1.82, 2.24) is 19.5 Å². The smallest absolute Gasteiger partial charge is 0.394 e. The van der Waals surface area contributed by atoms with Gasteiger partial charge >= 0.3 is 15.6 Å². The van der Waals surface area contributed by atoms with Crippen LogP contribution in [-0.2, 0) is 32.0 Å². The second kappa shape index (κ2) is 11.9. The molecule has 0 aromatic carbocycles. The Morgan fingerprint density at radius 2 is 1.70 bits per heavy atom. The van der Waals surface area contributed by atoms with Gasteiger partial charge in [-0.2, -0.15) is 4.31 Å². The Balaban J connectivity index is 1.38. The van der Waals surface area contributed by atoms with Crippen molar-refractivity contribution in [2.45, 2.75) is 61.3 Å². The lowest BCUT2D eigenvalue weighted by molar-refractivity contribution is -0.292. The number of imidazole rings is 1. The van der Waals surface area contributed by atoms with Crippen LogP contribution in [0.1, 0.15) is 6.23 Å². The molecule has 2 saturated heterocycles. The molecule has 0 aliphatic carbocycles. The van der Waals surface area contributed by atoms with Crippen molar-refractivity contribution in [1.29, 1.82) is 0 Å². The molecule has 10 N–H and O–H groups in total. The highest BCUT2D eigenvalue weighted by Gasteiger charge is 2.51. The van der Waals surface area contributed by atoms with Crippen molar-refractivity contribution < 1.29 is 77.5 Å². The summed E-state index contributed by atoms with van der Waals surface area (Å²) in [6, 6.07) is 0. The van der Waals surface area contributed by atoms with E-state index in [1.807, 2.05) is 0 Å². The van der Waals surface area contributed by atoms with E-state index in [9.17, 15) is 54.4 Å². The predicted molar refractivity (Wildman–Crippen MR) is 122 cm³/mol. The SMILES string of the molecule is O=c1[nH]cnc2c1ncn2[C@@H]1O[C@H](COP(=O)(O)OP(=O)(O)O[C@@H]2OC([C@H](O)CO)[C@@H](O)[C@H](O)C2O)C(O)[C@@H]1O. The van der Waals surface area contributed by atoms with Crippen LogP contribution in [0.5, 0.6) is 0 Å². The number of phosphoric ester groups is 2. The van der Waals surface area contributed by atoms with Gasteiger partial charge in [0.1, 0.15) is 48.8 Å². The van der Waals surface area contributed by atoms with E-state index >= 15 is 0 Å². The maximum Gasteiger partial charge on any atom is 0.483 e. The Hall–Kier alpha value is -1.75. The van der Waals surface area contributed by atoms with Gasteiger partial charge in [0, 0.05) is 0 Å². The Bertz CT molecular complexity index is 1340. The minimum atomic E-state index is -5.67. The van der Waals surface area contributed by atoms with E-state index in [0.29, 0.717) is 0 Å². The second-order valence-electron chi connectivity index (χ2n) is 8.71. The van der Waals surface area contributed by atoms with E-state index in [1.165, 1.54) is 0 Å². The molecule has 40 heavy (non-hydrogen) atoms. The molecular weight excluding hydrogens is 594 g/mol. The monoisotopic (exact) mass is 620 g/mol. The topological polar surface area (TPSA) is 326 Å². The van der Waals surface area contributed by atoms with Crippen molar-refractivity contribution in [3.8, 4) is 0 Å². The number of rotatable bonds is 10. The number of hydrogen-bond acceptors (Lipinski definition) is 17. The molecule has 5 unspecified atom stereocenters. The predicted octanol–water partition coefficient (Wildman–Crippen LogP) is -4.85. The first-order valence-corrected chi connectivity index (χ1v) is 14.2. The quantitative estimate of drug-likeness (QED) is 0.111. The molecule has 2 aromatic rings. The molecule has 0 radical (unpaired) electrons. The van der Waals surface area contributed by atoms with Gasteiger partial charge in [-0.3, -0.25) is 18.4 Å². The van der Waals surface area contributed by atoms with Crippen molar-refractivity contribution in [2.75, 3.05) is 13.2 Å². The molecular formula is C17H26N4O17P2. The summed E-state index contributed by atoms with van der Waals surface area (Å²) in [6.45, 7) is -1.98. The lowest BCUT2D eigenvalue weighted by atomic mass is 9.96. The van der Waals surface area contributed by atoms with Crippen LogP contribution >= 0.6 is 15.6 Å². The first-order valence-electron chi connectivity index (χ1n) is 11.3. The fourth-order valence-electron chi connectivity index (χ4n) is 4.00. The van der Waals surface area contributed by atoms with Crippen LogP contribution in [0.4, 0.5) is 0 Å². The highest BCUT2D eigenvalue weighted by atomic mass is 31.3. The Kier molecular flexibility index (Phi) is 9.25. The minimum Gasteiger partial charge on any atom is -0.394 e. The first kappa shape index (κ1) is 31.2. The summed E-state index contributed by atoms with van der Waals surface area (Å²) in [5.41, 5.74) is -0.719. The van der Waals surface area contributed by atoms with E-state index in [1.54, 1.807) is 0 Å². The summed E-state index contributed by atoms with van der Waals surface area (Å²) in [5.74, 6) is 0. The number of nitrogens with zero attached hydrogens (tertiary/aromatic N) is 3. The number of aliphatic hydroxyl groups is 7. The fraction of sp³-hybridized carbons (Fsp3) is 0.706. The summed E-state index contributed by atoms with van der Waals surface area (Å²) in [7, 11) is -11.2. The average molecular weight is 620 g/mol. The van der Waals surface area contributed by atoms with E-state index in [4.69, 9.17) is 14.6 Å². The standard InChI is InChI=1S/C17H26N4O17P2/c22-1-5(23)13-10(26)9(25)12(28)17(36-13)37-40(32,33)38-39(30,31)34-2-6-8(24)11(27)16(35-6)21-4-20-7-14(21)18-3-19-15(7)29/h3-6,8-13,16-17,22-28H,1-2H2,(H,30,31)(H,32,33)(H,18,19,29)/t5-,6-,8?,9+,10+,11+,12?,13?,16-,17+/m1/s1. The van der Waals surface area contributed by atoms with E-state index in [2.05, 4.69) is 28.3 Å². The molecule has 226 valence electrons. The van der Waals surface area contributed by atoms with Crippen LogP contribution in [0.25, 0.3) is 11.2 Å². The zero-order valence-corrected chi connectivity index (χ0v) is 21.7. The van der Waals surface area contributed by atoms with E-state index in [-0.39, 0.29) is 11.2 Å². The largest absolute Gasteiger partial charge is 0.483 e. The molecule has 23 heteroatoms. The van der Waals surface area contributed by atoms with E-state index < -0.39 is 95.8 Å². The van der Waals surface area contributed by atoms with Crippen molar-refractivity contribution in [2.24, 2.45) is 0 Å². The zero-order chi connectivity index (χ0) is 29.6. The third-order valence-electron chi connectivity index (χ3n) is 5.99. The van der Waals surface area contributed by atoms with E-state index in [0.717, 1.165) is 17.2 Å². The molecule has 2 aliphatic heterocycles. The van der Waals surface area contributed by atoms with Gasteiger partial charge in [-0.15, -0.1) is 0 Å². The number of ether oxygens (including phenoxy) is 2. The van der Waals surface area contributed by atoms with Gasteiger partial charge in [-0.25, -0.2) is 19.1 Å². The Morgan fingerprint density at radius 1 is 1.00 bits per heavy atom. The molecule has 4 rings (SSSR count). The van der Waals surface area contributed by atoms with Gasteiger partial charge in [-0.05, 0) is 0 Å². The van der Waals surface area contributed by atoms with Gasteiger partial charge in [0.05, 0.1) is 25.9 Å². The molecule has 2 aliphatic rings. The number of aromatic nitrogens is 4. The number of fused-ring (bicyclic) bond motifs is 1. The number of phosphoric acid groups is 2. The maximum atomic E-state index is 12.3. The summed E-state index contributed by atoms with van der Waals surface area (Å²) in [4.78, 5) is 41.7. The lowest BCUT2D eigenvalue weighted by Gasteiger charge is -2.41. The number of H-pyrrole nitrogens is 1. The summed E-state index contributed by atoms with van der Waals surface area (Å²) < 4.78 is 49.3. The van der Waals surface area contributed by atoms with Crippen molar-refractivity contribution in [3.05, 3.63) is 23.0 Å². The number of aliphatic hydroxyl groups excluding tert-OH is 7. The highest BCUT2D eigenvalue weighted by molar-refractivity contribution is 7.61. The number of hydrogen-bond donors (Lipinski definition) is 10. The van der Waals surface area contributed by atoms with Crippen LogP contribution in [0.2, 0.25) is 0 Å². The van der Waals surface area contributed by atoms with Crippen LogP contribution in [0.3, 0.4) is 0 Å². The Morgan fingerprint density at radius 3 is 2.38 bits per heavy atom. The van der Waals surface area contributed by atoms with Gasteiger partial charge in [0.25, 0.3) is 5.56 Å². The summed E-state index contributed by atoms with van der Waals surface area (Å²) in [5, 5.41) is 69.2. The van der Waals surface area contributed by atoms with Crippen molar-refractivity contribution in [3.63, 3.8) is 0 Å². The van der Waals surface area contributed by atoms with Crippen LogP contribution < -0.4 is 5.56 Å². The molecule has 2 aromatic heterocycles. The summed E-state index contributed by atoms with van der Waals surface area (Å²) >= 11 is 0.